The highest BCUT2D eigenvalue weighted by molar-refractivity contribution is 6.32. The van der Waals surface area contributed by atoms with Crippen molar-refractivity contribution in [2.24, 2.45) is 5.92 Å². The molecule has 1 heterocycles. The first-order valence-electron chi connectivity index (χ1n) is 7.77. The van der Waals surface area contributed by atoms with Crippen molar-refractivity contribution in [2.75, 3.05) is 18.4 Å². The molecule has 24 heavy (non-hydrogen) atoms. The van der Waals surface area contributed by atoms with Crippen LogP contribution < -0.4 is 15.4 Å². The predicted octanol–water partition coefficient (Wildman–Crippen LogP) is 4.49. The minimum Gasteiger partial charge on any atom is -0.454 e. The van der Waals surface area contributed by atoms with E-state index in [4.69, 9.17) is 16.3 Å². The number of hydrogen-bond donors (Lipinski definition) is 2. The van der Waals surface area contributed by atoms with Gasteiger partial charge in [0.1, 0.15) is 5.75 Å². The normalized spacial score (nSPS) is 16.8. The van der Waals surface area contributed by atoms with Crippen LogP contribution in [0.1, 0.15) is 12.8 Å². The second kappa shape index (κ2) is 8.92. The summed E-state index contributed by atoms with van der Waals surface area (Å²) in [6.45, 7) is 1.70. The molecule has 6 heteroatoms. The molecule has 1 saturated heterocycles. The second-order valence-electron chi connectivity index (χ2n) is 5.56. The zero-order valence-electron chi connectivity index (χ0n) is 13.1. The molecule has 0 aliphatic carbocycles. The molecular weight excluding hydrogens is 347 g/mol. The standard InChI is InChI=1S/C18H19ClN2O2.ClH/c19-14-7-1-3-9-16(14)23-17-10-4-2-8-15(17)21-18(22)13-6-5-11-20-12-13;/h1-4,7-10,13,20H,5-6,11-12H2,(H,21,22);1H. The van der Waals surface area contributed by atoms with Gasteiger partial charge in [-0.05, 0) is 43.7 Å². The van der Waals surface area contributed by atoms with Crippen LogP contribution in [0.15, 0.2) is 48.5 Å². The Bertz CT molecular complexity index is 688. The van der Waals surface area contributed by atoms with E-state index in [0.717, 1.165) is 25.9 Å². The number of nitrogens with one attached hydrogen (secondary N) is 2. The number of piperidine rings is 1. The Morgan fingerprint density at radius 1 is 1.12 bits per heavy atom. The topological polar surface area (TPSA) is 50.4 Å². The Balaban J connectivity index is 0.00000208. The Hall–Kier alpha value is -1.75. The summed E-state index contributed by atoms with van der Waals surface area (Å²) in [6, 6.07) is 14.7. The van der Waals surface area contributed by atoms with Crippen LogP contribution in [-0.2, 0) is 4.79 Å². The van der Waals surface area contributed by atoms with Crippen molar-refractivity contribution in [3.8, 4) is 11.5 Å². The third-order valence-corrected chi connectivity index (χ3v) is 4.18. The number of benzene rings is 2. The number of amides is 1. The van der Waals surface area contributed by atoms with E-state index in [1.807, 2.05) is 36.4 Å². The minimum atomic E-state index is -0.00267. The van der Waals surface area contributed by atoms with Gasteiger partial charge in [-0.15, -0.1) is 12.4 Å². The van der Waals surface area contributed by atoms with Gasteiger partial charge < -0.3 is 15.4 Å². The van der Waals surface area contributed by atoms with Crippen molar-refractivity contribution in [1.29, 1.82) is 0 Å². The fourth-order valence-electron chi connectivity index (χ4n) is 2.62. The van der Waals surface area contributed by atoms with Crippen molar-refractivity contribution in [2.45, 2.75) is 12.8 Å². The molecule has 0 spiro atoms. The molecule has 4 nitrogen and oxygen atoms in total. The first-order chi connectivity index (χ1) is 11.2. The SMILES string of the molecule is Cl.O=C(Nc1ccccc1Oc1ccccc1Cl)C1CCCNC1. The van der Waals surface area contributed by atoms with E-state index in [-0.39, 0.29) is 24.2 Å². The van der Waals surface area contributed by atoms with E-state index < -0.39 is 0 Å². The molecule has 0 saturated carbocycles. The predicted molar refractivity (Wildman–Crippen MR) is 99.4 cm³/mol. The number of carbonyl (C=O) groups excluding carboxylic acids is 1. The van der Waals surface area contributed by atoms with Crippen LogP contribution in [0.5, 0.6) is 11.5 Å². The lowest BCUT2D eigenvalue weighted by molar-refractivity contribution is -0.120. The van der Waals surface area contributed by atoms with Gasteiger partial charge in [-0.1, -0.05) is 35.9 Å². The van der Waals surface area contributed by atoms with E-state index in [0.29, 0.717) is 22.2 Å². The number of rotatable bonds is 4. The zero-order chi connectivity index (χ0) is 16.1. The fourth-order valence-corrected chi connectivity index (χ4v) is 2.79. The van der Waals surface area contributed by atoms with Crippen LogP contribution in [0.25, 0.3) is 0 Å². The molecule has 1 atom stereocenters. The molecule has 1 aliphatic rings. The first-order valence-corrected chi connectivity index (χ1v) is 8.15. The summed E-state index contributed by atoms with van der Waals surface area (Å²) >= 11 is 6.13. The lowest BCUT2D eigenvalue weighted by atomic mass is 9.99. The van der Waals surface area contributed by atoms with Gasteiger partial charge in [0.25, 0.3) is 0 Å². The maximum Gasteiger partial charge on any atom is 0.228 e. The third-order valence-electron chi connectivity index (χ3n) is 3.87. The monoisotopic (exact) mass is 366 g/mol. The van der Waals surface area contributed by atoms with Crippen molar-refractivity contribution in [1.82, 2.24) is 5.32 Å². The van der Waals surface area contributed by atoms with Gasteiger partial charge in [0.05, 0.1) is 16.6 Å². The van der Waals surface area contributed by atoms with Gasteiger partial charge >= 0.3 is 0 Å². The summed E-state index contributed by atoms with van der Waals surface area (Å²) in [5, 5.41) is 6.76. The van der Waals surface area contributed by atoms with E-state index in [1.54, 1.807) is 12.1 Å². The molecule has 0 radical (unpaired) electrons. The number of anilines is 1. The van der Waals surface area contributed by atoms with Gasteiger partial charge in [-0.2, -0.15) is 0 Å². The maximum absolute atomic E-state index is 12.4. The van der Waals surface area contributed by atoms with Crippen molar-refractivity contribution in [3.05, 3.63) is 53.6 Å². The third kappa shape index (κ3) is 4.63. The Morgan fingerprint density at radius 3 is 2.54 bits per heavy atom. The average Bonchev–Trinajstić information content (AvgIpc) is 2.59. The molecule has 0 bridgehead atoms. The van der Waals surface area contributed by atoms with Gasteiger partial charge in [0.2, 0.25) is 5.91 Å². The van der Waals surface area contributed by atoms with Crippen LogP contribution >= 0.6 is 24.0 Å². The van der Waals surface area contributed by atoms with E-state index in [1.165, 1.54) is 0 Å². The number of halogens is 2. The van der Waals surface area contributed by atoms with Crippen LogP contribution in [0, 0.1) is 5.92 Å². The van der Waals surface area contributed by atoms with Crippen LogP contribution in [0.2, 0.25) is 5.02 Å². The van der Waals surface area contributed by atoms with Crippen molar-refractivity contribution in [3.63, 3.8) is 0 Å². The highest BCUT2D eigenvalue weighted by Gasteiger charge is 2.21. The molecule has 2 N–H and O–H groups in total. The molecule has 2 aromatic carbocycles. The maximum atomic E-state index is 12.4. The molecule has 128 valence electrons. The van der Waals surface area contributed by atoms with Crippen LogP contribution in [0.4, 0.5) is 5.69 Å². The van der Waals surface area contributed by atoms with Crippen molar-refractivity contribution < 1.29 is 9.53 Å². The average molecular weight is 367 g/mol. The zero-order valence-corrected chi connectivity index (χ0v) is 14.7. The highest BCUT2D eigenvalue weighted by atomic mass is 35.5. The Morgan fingerprint density at radius 2 is 1.83 bits per heavy atom. The molecular formula is C18H20Cl2N2O2. The smallest absolute Gasteiger partial charge is 0.228 e. The number of ether oxygens (including phenoxy) is 1. The molecule has 0 aromatic heterocycles. The molecule has 1 aliphatic heterocycles. The lowest BCUT2D eigenvalue weighted by Gasteiger charge is -2.22. The number of para-hydroxylation sites is 3. The van der Waals surface area contributed by atoms with Gasteiger partial charge in [0.15, 0.2) is 5.75 Å². The van der Waals surface area contributed by atoms with Crippen LogP contribution in [-0.4, -0.2) is 19.0 Å². The van der Waals surface area contributed by atoms with E-state index in [9.17, 15) is 4.79 Å². The minimum absolute atomic E-state index is 0. The largest absolute Gasteiger partial charge is 0.454 e. The lowest BCUT2D eigenvalue weighted by Crippen LogP contribution is -2.37. The van der Waals surface area contributed by atoms with Gasteiger partial charge in [0, 0.05) is 6.54 Å². The van der Waals surface area contributed by atoms with Gasteiger partial charge in [-0.25, -0.2) is 0 Å². The summed E-state index contributed by atoms with van der Waals surface area (Å²) in [5.74, 6) is 1.16. The van der Waals surface area contributed by atoms with Crippen molar-refractivity contribution >= 4 is 35.6 Å². The molecule has 1 unspecified atom stereocenters. The quantitative estimate of drug-likeness (QED) is 0.837. The van der Waals surface area contributed by atoms with Gasteiger partial charge in [-0.3, -0.25) is 4.79 Å². The van der Waals surface area contributed by atoms with E-state index >= 15 is 0 Å². The summed E-state index contributed by atoms with van der Waals surface area (Å²) in [7, 11) is 0. The summed E-state index contributed by atoms with van der Waals surface area (Å²) in [4.78, 5) is 12.4. The summed E-state index contributed by atoms with van der Waals surface area (Å²) < 4.78 is 5.87. The Labute approximate surface area is 153 Å². The molecule has 3 rings (SSSR count). The van der Waals surface area contributed by atoms with E-state index in [2.05, 4.69) is 10.6 Å². The number of carbonyl (C=O) groups is 1. The highest BCUT2D eigenvalue weighted by Crippen LogP contribution is 2.33. The molecule has 1 amide bonds. The van der Waals surface area contributed by atoms with Crippen LogP contribution in [0.3, 0.4) is 0 Å². The molecule has 2 aromatic rings. The fraction of sp³-hybridized carbons (Fsp3) is 0.278. The number of hydrogen-bond acceptors (Lipinski definition) is 3. The second-order valence-corrected chi connectivity index (χ2v) is 5.97. The Kier molecular flexibility index (Phi) is 6.91. The first kappa shape index (κ1) is 18.6. The summed E-state index contributed by atoms with van der Waals surface area (Å²) in [5.41, 5.74) is 0.656. The molecule has 1 fully saturated rings. The summed E-state index contributed by atoms with van der Waals surface area (Å²) in [6.07, 6.45) is 1.93.